The van der Waals surface area contributed by atoms with E-state index in [4.69, 9.17) is 22.1 Å². The summed E-state index contributed by atoms with van der Waals surface area (Å²) >= 11 is 6.10. The van der Waals surface area contributed by atoms with Crippen LogP contribution in [0.25, 0.3) is 0 Å². The number of nitrogen functional groups attached to an aromatic ring is 1. The Labute approximate surface area is 123 Å². The van der Waals surface area contributed by atoms with E-state index < -0.39 is 0 Å². The fourth-order valence-corrected chi connectivity index (χ4v) is 2.30. The number of nitrogens with two attached hydrogens (primary N) is 1. The lowest BCUT2D eigenvalue weighted by atomic mass is 10.1. The zero-order chi connectivity index (χ0) is 14.1. The summed E-state index contributed by atoms with van der Waals surface area (Å²) in [5.74, 6) is 2.87. The van der Waals surface area contributed by atoms with Crippen LogP contribution in [0.5, 0.6) is 11.6 Å². The van der Waals surface area contributed by atoms with E-state index in [1.807, 2.05) is 18.2 Å². The van der Waals surface area contributed by atoms with Gasteiger partial charge in [-0.3, -0.25) is 0 Å². The largest absolute Gasteiger partial charge is 0.439 e. The lowest BCUT2D eigenvalue weighted by Crippen LogP contribution is -2.00. The number of hydrogen-bond acceptors (Lipinski definition) is 4. The van der Waals surface area contributed by atoms with Gasteiger partial charge in [-0.15, -0.1) is 0 Å². The Morgan fingerprint density at radius 3 is 2.80 bits per heavy atom. The van der Waals surface area contributed by atoms with Gasteiger partial charge in [0.1, 0.15) is 17.4 Å². The number of ether oxygens (including phenoxy) is 1. The van der Waals surface area contributed by atoms with E-state index >= 15 is 0 Å². The van der Waals surface area contributed by atoms with Crippen LogP contribution in [0.4, 0.5) is 5.82 Å². The van der Waals surface area contributed by atoms with Crippen molar-refractivity contribution in [3.05, 3.63) is 40.7 Å². The zero-order valence-electron chi connectivity index (χ0n) is 11.3. The van der Waals surface area contributed by atoms with Crippen LogP contribution in [-0.2, 0) is 6.42 Å². The fourth-order valence-electron chi connectivity index (χ4n) is 2.04. The molecule has 1 heterocycles. The van der Waals surface area contributed by atoms with Gasteiger partial charge < -0.3 is 10.5 Å². The Morgan fingerprint density at radius 2 is 2.10 bits per heavy atom. The van der Waals surface area contributed by atoms with Crippen molar-refractivity contribution < 1.29 is 4.74 Å². The van der Waals surface area contributed by atoms with E-state index in [0.717, 1.165) is 35.7 Å². The van der Waals surface area contributed by atoms with E-state index in [-0.39, 0.29) is 0 Å². The highest BCUT2D eigenvalue weighted by molar-refractivity contribution is 6.31. The maximum Gasteiger partial charge on any atom is 0.224 e. The van der Waals surface area contributed by atoms with E-state index in [1.54, 1.807) is 6.07 Å². The van der Waals surface area contributed by atoms with Crippen LogP contribution in [0.2, 0.25) is 5.02 Å². The highest BCUT2D eigenvalue weighted by atomic mass is 35.5. The van der Waals surface area contributed by atoms with Crippen LogP contribution < -0.4 is 10.5 Å². The van der Waals surface area contributed by atoms with Crippen molar-refractivity contribution >= 4 is 17.4 Å². The van der Waals surface area contributed by atoms with Gasteiger partial charge in [0, 0.05) is 17.0 Å². The number of aryl methyl sites for hydroxylation is 1. The molecular weight excluding hydrogens is 274 g/mol. The van der Waals surface area contributed by atoms with Gasteiger partial charge in [-0.05, 0) is 43.0 Å². The van der Waals surface area contributed by atoms with Gasteiger partial charge in [0.2, 0.25) is 5.88 Å². The quantitative estimate of drug-likeness (QED) is 0.926. The predicted octanol–water partition coefficient (Wildman–Crippen LogP) is 3.94. The molecule has 0 bridgehead atoms. The fraction of sp³-hybridized carbons (Fsp3) is 0.333. The average Bonchev–Trinajstić information content (AvgIpc) is 3.25. The number of benzene rings is 1. The van der Waals surface area contributed by atoms with Crippen molar-refractivity contribution in [2.75, 3.05) is 5.73 Å². The smallest absolute Gasteiger partial charge is 0.224 e. The van der Waals surface area contributed by atoms with Crippen LogP contribution in [0.3, 0.4) is 0 Å². The van der Waals surface area contributed by atoms with Crippen molar-refractivity contribution in [1.82, 2.24) is 9.97 Å². The standard InChI is InChI=1S/C15H16ClN3O/c1-2-9-7-11(5-6-12(9)16)20-14-8-13(17)18-15(19-14)10-3-4-10/h5-8,10H,2-4H2,1H3,(H2,17,18,19). The number of aromatic nitrogens is 2. The van der Waals surface area contributed by atoms with Crippen LogP contribution in [-0.4, -0.2) is 9.97 Å². The molecule has 1 aromatic carbocycles. The van der Waals surface area contributed by atoms with Crippen molar-refractivity contribution in [3.63, 3.8) is 0 Å². The Bertz CT molecular complexity index is 641. The Kier molecular flexibility index (Phi) is 3.49. The maximum atomic E-state index is 6.10. The molecule has 1 aromatic heterocycles. The van der Waals surface area contributed by atoms with Gasteiger partial charge in [-0.1, -0.05) is 18.5 Å². The molecule has 5 heteroatoms. The molecule has 0 spiro atoms. The summed E-state index contributed by atoms with van der Waals surface area (Å²) in [4.78, 5) is 8.67. The topological polar surface area (TPSA) is 61.0 Å². The molecule has 0 radical (unpaired) electrons. The van der Waals surface area contributed by atoms with Gasteiger partial charge >= 0.3 is 0 Å². The molecule has 1 aliphatic carbocycles. The van der Waals surface area contributed by atoms with Gasteiger partial charge in [0.25, 0.3) is 0 Å². The van der Waals surface area contributed by atoms with Gasteiger partial charge in [0.05, 0.1) is 0 Å². The minimum absolute atomic E-state index is 0.442. The van der Waals surface area contributed by atoms with Crippen LogP contribution in [0.15, 0.2) is 24.3 Å². The molecule has 104 valence electrons. The monoisotopic (exact) mass is 289 g/mol. The van der Waals surface area contributed by atoms with Crippen molar-refractivity contribution in [2.24, 2.45) is 0 Å². The molecule has 1 aliphatic rings. The number of nitrogens with zero attached hydrogens (tertiary/aromatic N) is 2. The molecule has 1 saturated carbocycles. The lowest BCUT2D eigenvalue weighted by molar-refractivity contribution is 0.458. The third-order valence-electron chi connectivity index (χ3n) is 3.30. The molecule has 4 nitrogen and oxygen atoms in total. The lowest BCUT2D eigenvalue weighted by Gasteiger charge is -2.09. The minimum atomic E-state index is 0.442. The Morgan fingerprint density at radius 1 is 1.30 bits per heavy atom. The SMILES string of the molecule is CCc1cc(Oc2cc(N)nc(C3CC3)n2)ccc1Cl. The van der Waals surface area contributed by atoms with Gasteiger partial charge in [0.15, 0.2) is 0 Å². The molecule has 1 fully saturated rings. The maximum absolute atomic E-state index is 6.10. The molecule has 2 aromatic rings. The first-order valence-corrected chi connectivity index (χ1v) is 7.14. The molecule has 0 unspecified atom stereocenters. The van der Waals surface area contributed by atoms with E-state index in [2.05, 4.69) is 16.9 Å². The molecule has 0 aliphatic heterocycles. The van der Waals surface area contributed by atoms with E-state index in [9.17, 15) is 0 Å². The summed E-state index contributed by atoms with van der Waals surface area (Å²) in [6, 6.07) is 7.24. The summed E-state index contributed by atoms with van der Waals surface area (Å²) < 4.78 is 5.79. The Hall–Kier alpha value is -1.81. The van der Waals surface area contributed by atoms with Crippen molar-refractivity contribution in [2.45, 2.75) is 32.1 Å². The van der Waals surface area contributed by atoms with Crippen LogP contribution in [0, 0.1) is 0 Å². The second-order valence-electron chi connectivity index (χ2n) is 4.97. The molecule has 0 amide bonds. The zero-order valence-corrected chi connectivity index (χ0v) is 12.0. The first-order valence-electron chi connectivity index (χ1n) is 6.76. The predicted molar refractivity (Wildman–Crippen MR) is 79.3 cm³/mol. The highest BCUT2D eigenvalue weighted by Gasteiger charge is 2.27. The van der Waals surface area contributed by atoms with E-state index in [1.165, 1.54) is 0 Å². The number of hydrogen-bond donors (Lipinski definition) is 1. The van der Waals surface area contributed by atoms with Crippen LogP contribution in [0.1, 0.15) is 37.1 Å². The third kappa shape index (κ3) is 2.85. The average molecular weight is 290 g/mol. The van der Waals surface area contributed by atoms with Crippen LogP contribution >= 0.6 is 11.6 Å². The second kappa shape index (κ2) is 5.29. The number of halogens is 1. The van der Waals surface area contributed by atoms with Gasteiger partial charge in [-0.25, -0.2) is 4.98 Å². The number of anilines is 1. The molecule has 20 heavy (non-hydrogen) atoms. The normalized spacial score (nSPS) is 14.3. The summed E-state index contributed by atoms with van der Waals surface area (Å²) in [5.41, 5.74) is 6.86. The Balaban J connectivity index is 1.87. The highest BCUT2D eigenvalue weighted by Crippen LogP contribution is 2.39. The number of rotatable bonds is 4. The first-order chi connectivity index (χ1) is 9.65. The van der Waals surface area contributed by atoms with Gasteiger partial charge in [-0.2, -0.15) is 4.98 Å². The summed E-state index contributed by atoms with van der Waals surface area (Å²) in [6.45, 7) is 2.05. The molecule has 0 saturated heterocycles. The first kappa shape index (κ1) is 13.2. The molecule has 3 rings (SSSR count). The van der Waals surface area contributed by atoms with E-state index in [0.29, 0.717) is 23.4 Å². The second-order valence-corrected chi connectivity index (χ2v) is 5.38. The van der Waals surface area contributed by atoms with Crippen molar-refractivity contribution in [3.8, 4) is 11.6 Å². The summed E-state index contributed by atoms with van der Waals surface area (Å²) in [5, 5.41) is 0.751. The third-order valence-corrected chi connectivity index (χ3v) is 3.67. The molecule has 2 N–H and O–H groups in total. The summed E-state index contributed by atoms with van der Waals surface area (Å²) in [6.07, 6.45) is 3.11. The summed E-state index contributed by atoms with van der Waals surface area (Å²) in [7, 11) is 0. The van der Waals surface area contributed by atoms with Crippen molar-refractivity contribution in [1.29, 1.82) is 0 Å². The minimum Gasteiger partial charge on any atom is -0.439 e. The molecular formula is C15H16ClN3O. The molecule has 0 atom stereocenters.